The van der Waals surface area contributed by atoms with Gasteiger partial charge in [0.25, 0.3) is 5.56 Å². The first-order chi connectivity index (χ1) is 18.1. The van der Waals surface area contributed by atoms with E-state index in [0.717, 1.165) is 46.6 Å². The van der Waals surface area contributed by atoms with Crippen molar-refractivity contribution >= 4 is 62.2 Å². The SMILES string of the molecule is Cc1ccc(-n2c(S[C@@H](C)C(=O)Nc3ccc(N(C)C)cc3)nc3sc4c(c3c2=O)CC[C@H](C)C4)cc1Cl. The van der Waals surface area contributed by atoms with Crippen LogP contribution >= 0.6 is 34.7 Å². The van der Waals surface area contributed by atoms with Gasteiger partial charge in [0, 0.05) is 35.4 Å². The third-order valence-corrected chi connectivity index (χ3v) is 9.62. The molecule has 2 aromatic carbocycles. The van der Waals surface area contributed by atoms with Gasteiger partial charge in [-0.2, -0.15) is 0 Å². The van der Waals surface area contributed by atoms with Gasteiger partial charge in [0.15, 0.2) is 5.16 Å². The van der Waals surface area contributed by atoms with Crippen LogP contribution < -0.4 is 15.8 Å². The molecule has 1 N–H and O–H groups in total. The zero-order valence-electron chi connectivity index (χ0n) is 22.2. The Labute approximate surface area is 236 Å². The fourth-order valence-electron chi connectivity index (χ4n) is 4.70. The lowest BCUT2D eigenvalue weighted by molar-refractivity contribution is -0.115. The Balaban J connectivity index is 1.53. The van der Waals surface area contributed by atoms with E-state index in [1.165, 1.54) is 16.6 Å². The lowest BCUT2D eigenvalue weighted by Crippen LogP contribution is -2.26. The van der Waals surface area contributed by atoms with Gasteiger partial charge >= 0.3 is 0 Å². The molecule has 0 radical (unpaired) electrons. The Morgan fingerprint density at radius 3 is 2.66 bits per heavy atom. The number of thioether (sulfide) groups is 1. The number of carbonyl (C=O) groups excluding carboxylic acids is 1. The molecule has 0 spiro atoms. The first kappa shape index (κ1) is 26.8. The zero-order valence-corrected chi connectivity index (χ0v) is 24.6. The molecule has 5 rings (SSSR count). The number of benzene rings is 2. The van der Waals surface area contributed by atoms with Gasteiger partial charge in [-0.15, -0.1) is 11.3 Å². The number of carbonyl (C=O) groups is 1. The minimum absolute atomic E-state index is 0.101. The van der Waals surface area contributed by atoms with E-state index >= 15 is 0 Å². The van der Waals surface area contributed by atoms with Crippen molar-refractivity contribution in [2.24, 2.45) is 5.92 Å². The van der Waals surface area contributed by atoms with Crippen LogP contribution in [-0.4, -0.2) is 34.8 Å². The number of fused-ring (bicyclic) bond motifs is 3. The molecule has 0 saturated carbocycles. The predicted octanol–water partition coefficient (Wildman–Crippen LogP) is 6.72. The highest BCUT2D eigenvalue weighted by molar-refractivity contribution is 8.00. The average molecular weight is 567 g/mol. The average Bonchev–Trinajstić information content (AvgIpc) is 3.23. The fourth-order valence-corrected chi connectivity index (χ4v) is 7.22. The summed E-state index contributed by atoms with van der Waals surface area (Å²) in [6, 6.07) is 13.3. The first-order valence-corrected chi connectivity index (χ1v) is 14.8. The lowest BCUT2D eigenvalue weighted by atomic mass is 9.89. The Morgan fingerprint density at radius 1 is 1.24 bits per heavy atom. The summed E-state index contributed by atoms with van der Waals surface area (Å²) in [6.07, 6.45) is 2.93. The number of rotatable bonds is 6. The number of aryl methyl sites for hydroxylation is 2. The maximum absolute atomic E-state index is 14.1. The molecule has 1 aliphatic carbocycles. The second kappa shape index (κ2) is 10.8. The van der Waals surface area contributed by atoms with Gasteiger partial charge in [-0.1, -0.05) is 36.4 Å². The van der Waals surface area contributed by atoms with Crippen molar-refractivity contribution in [2.45, 2.75) is 50.4 Å². The second-order valence-corrected chi connectivity index (χ2v) is 13.0. The van der Waals surface area contributed by atoms with Gasteiger partial charge in [-0.05, 0) is 86.6 Å². The van der Waals surface area contributed by atoms with Crippen LogP contribution in [0.15, 0.2) is 52.4 Å². The molecule has 6 nitrogen and oxygen atoms in total. The van der Waals surface area contributed by atoms with Gasteiger partial charge in [-0.3, -0.25) is 14.2 Å². The van der Waals surface area contributed by atoms with E-state index in [-0.39, 0.29) is 11.5 Å². The standard InChI is InChI=1S/C29H31ClN4O2S2/c1-16-6-13-22-24(14-16)38-27-25(22)28(36)34(21-10-7-17(2)23(30)15-21)29(32-27)37-18(3)26(35)31-19-8-11-20(12-9-19)33(4)5/h7-12,15-16,18H,6,13-14H2,1-5H3,(H,31,35)/t16-,18-/m0/s1. The van der Waals surface area contributed by atoms with Crippen molar-refractivity contribution in [3.63, 3.8) is 0 Å². The summed E-state index contributed by atoms with van der Waals surface area (Å²) < 4.78 is 1.62. The summed E-state index contributed by atoms with van der Waals surface area (Å²) in [5.41, 5.74) is 4.39. The van der Waals surface area contributed by atoms with Crippen molar-refractivity contribution in [3.05, 3.63) is 73.8 Å². The van der Waals surface area contributed by atoms with Crippen molar-refractivity contribution in [1.29, 1.82) is 0 Å². The minimum Gasteiger partial charge on any atom is -0.378 e. The first-order valence-electron chi connectivity index (χ1n) is 12.7. The van der Waals surface area contributed by atoms with E-state index < -0.39 is 5.25 Å². The van der Waals surface area contributed by atoms with E-state index in [4.69, 9.17) is 16.6 Å². The highest BCUT2D eigenvalue weighted by Gasteiger charge is 2.27. The van der Waals surface area contributed by atoms with E-state index in [9.17, 15) is 9.59 Å². The number of halogens is 1. The van der Waals surface area contributed by atoms with Gasteiger partial charge in [0.2, 0.25) is 5.91 Å². The van der Waals surface area contributed by atoms with Crippen molar-refractivity contribution in [1.82, 2.24) is 9.55 Å². The Bertz CT molecular complexity index is 1580. The number of hydrogen-bond acceptors (Lipinski definition) is 6. The molecule has 0 fully saturated rings. The van der Waals surface area contributed by atoms with Gasteiger partial charge in [0.05, 0.1) is 16.3 Å². The van der Waals surface area contributed by atoms with Crippen LogP contribution in [0.25, 0.3) is 15.9 Å². The summed E-state index contributed by atoms with van der Waals surface area (Å²) in [6.45, 7) is 6.01. The molecule has 1 aliphatic rings. The van der Waals surface area contributed by atoms with E-state index in [0.29, 0.717) is 27.2 Å². The number of hydrogen-bond donors (Lipinski definition) is 1. The predicted molar refractivity (Wildman–Crippen MR) is 161 cm³/mol. The highest BCUT2D eigenvalue weighted by Crippen LogP contribution is 2.37. The molecule has 2 atom stereocenters. The van der Waals surface area contributed by atoms with Crippen molar-refractivity contribution in [2.75, 3.05) is 24.3 Å². The van der Waals surface area contributed by atoms with Crippen molar-refractivity contribution in [3.8, 4) is 5.69 Å². The summed E-state index contributed by atoms with van der Waals surface area (Å²) >= 11 is 9.36. The van der Waals surface area contributed by atoms with Crippen molar-refractivity contribution < 1.29 is 4.79 Å². The molecule has 38 heavy (non-hydrogen) atoms. The van der Waals surface area contributed by atoms with Crippen LogP contribution in [0.1, 0.15) is 36.3 Å². The van der Waals surface area contributed by atoms with E-state index in [1.54, 1.807) is 22.0 Å². The van der Waals surface area contributed by atoms with Crippen LogP contribution in [0.4, 0.5) is 11.4 Å². The monoisotopic (exact) mass is 566 g/mol. The molecule has 2 aromatic heterocycles. The molecule has 9 heteroatoms. The molecule has 198 valence electrons. The summed E-state index contributed by atoms with van der Waals surface area (Å²) in [5, 5.41) is 4.27. The Morgan fingerprint density at radius 2 is 1.97 bits per heavy atom. The largest absolute Gasteiger partial charge is 0.378 e. The molecular formula is C29H31ClN4O2S2. The smallest absolute Gasteiger partial charge is 0.267 e. The number of nitrogens with one attached hydrogen (secondary N) is 1. The zero-order chi connectivity index (χ0) is 27.1. The quantitative estimate of drug-likeness (QED) is 0.207. The molecule has 2 heterocycles. The number of aromatic nitrogens is 2. The van der Waals surface area contributed by atoms with E-state index in [2.05, 4.69) is 12.2 Å². The number of thiophene rings is 1. The summed E-state index contributed by atoms with van der Waals surface area (Å²) in [4.78, 5) is 36.2. The second-order valence-electron chi connectivity index (χ2n) is 10.2. The molecule has 0 aliphatic heterocycles. The Kier molecular flexibility index (Phi) is 7.58. The van der Waals surface area contributed by atoms with Crippen LogP contribution in [0.5, 0.6) is 0 Å². The molecule has 0 bridgehead atoms. The topological polar surface area (TPSA) is 67.2 Å². The third kappa shape index (κ3) is 5.22. The van der Waals surface area contributed by atoms with Gasteiger partial charge in [-0.25, -0.2) is 4.98 Å². The number of amides is 1. The summed E-state index contributed by atoms with van der Waals surface area (Å²) in [7, 11) is 3.95. The maximum atomic E-state index is 14.1. The lowest BCUT2D eigenvalue weighted by Gasteiger charge is -2.18. The van der Waals surface area contributed by atoms with E-state index in [1.807, 2.05) is 69.2 Å². The molecule has 4 aromatic rings. The molecule has 0 saturated heterocycles. The molecule has 0 unspecified atom stereocenters. The molecular weight excluding hydrogens is 536 g/mol. The Hall–Kier alpha value is -2.81. The fraction of sp³-hybridized carbons (Fsp3) is 0.345. The highest BCUT2D eigenvalue weighted by atomic mass is 35.5. The normalized spacial score (nSPS) is 15.8. The van der Waals surface area contributed by atoms with Gasteiger partial charge in [0.1, 0.15) is 4.83 Å². The van der Waals surface area contributed by atoms with Crippen LogP contribution in [-0.2, 0) is 17.6 Å². The minimum atomic E-state index is -0.491. The van der Waals surface area contributed by atoms with Crippen LogP contribution in [0.2, 0.25) is 5.02 Å². The summed E-state index contributed by atoms with van der Waals surface area (Å²) in [5.74, 6) is 0.438. The van der Waals surface area contributed by atoms with Gasteiger partial charge < -0.3 is 10.2 Å². The third-order valence-electron chi connectivity index (χ3n) is 7.01. The number of nitrogens with zero attached hydrogens (tertiary/aromatic N) is 3. The molecule has 1 amide bonds. The number of anilines is 2. The maximum Gasteiger partial charge on any atom is 0.267 e. The van der Waals surface area contributed by atoms with Crippen LogP contribution in [0.3, 0.4) is 0 Å². The van der Waals surface area contributed by atoms with Crippen LogP contribution in [0, 0.1) is 12.8 Å².